The molecule has 0 spiro atoms. The van der Waals surface area contributed by atoms with Gasteiger partial charge in [-0.1, -0.05) is 188 Å². The zero-order valence-electron chi connectivity index (χ0n) is 29.8. The third-order valence-electron chi connectivity index (χ3n) is 11.0. The number of hydrogen-bond donors (Lipinski definition) is 0. The van der Waals surface area contributed by atoms with Crippen molar-refractivity contribution in [2.24, 2.45) is 0 Å². The first kappa shape index (κ1) is 31.7. The fourth-order valence-corrected chi connectivity index (χ4v) is 8.38. The average Bonchev–Trinajstić information content (AvgIpc) is 3.60. The van der Waals surface area contributed by atoms with Crippen LogP contribution in [0.1, 0.15) is 22.6 Å². The molecule has 10 rings (SSSR count). The Hall–Kier alpha value is -6.96. The van der Waals surface area contributed by atoms with Gasteiger partial charge in [-0.2, -0.15) is 0 Å². The van der Waals surface area contributed by atoms with Crippen LogP contribution in [0.15, 0.2) is 218 Å². The minimum Gasteiger partial charge on any atom is -0.309 e. The molecule has 10 aromatic rings. The van der Waals surface area contributed by atoms with Crippen LogP contribution in [0, 0.1) is 0 Å². The van der Waals surface area contributed by atoms with Crippen LogP contribution in [0.5, 0.6) is 0 Å². The molecular weight excluding hydrogens is 651 g/mol. The van der Waals surface area contributed by atoms with E-state index in [2.05, 4.69) is 223 Å². The zero-order valence-corrected chi connectivity index (χ0v) is 29.8. The first-order chi connectivity index (χ1) is 26.8. The molecule has 54 heavy (non-hydrogen) atoms. The second-order valence-electron chi connectivity index (χ2n) is 14.1. The van der Waals surface area contributed by atoms with Crippen molar-refractivity contribution < 1.29 is 0 Å². The van der Waals surface area contributed by atoms with Crippen molar-refractivity contribution in [3.05, 3.63) is 235 Å². The van der Waals surface area contributed by atoms with E-state index in [9.17, 15) is 0 Å². The van der Waals surface area contributed by atoms with Crippen molar-refractivity contribution in [2.45, 2.75) is 5.92 Å². The molecule has 0 N–H and O–H groups in total. The van der Waals surface area contributed by atoms with Crippen molar-refractivity contribution in [3.63, 3.8) is 0 Å². The summed E-state index contributed by atoms with van der Waals surface area (Å²) in [4.78, 5) is 0. The Labute approximate surface area is 316 Å². The third-order valence-corrected chi connectivity index (χ3v) is 11.0. The van der Waals surface area contributed by atoms with Gasteiger partial charge in [0.2, 0.25) is 0 Å². The maximum atomic E-state index is 2.39. The van der Waals surface area contributed by atoms with Crippen LogP contribution in [0.4, 0.5) is 0 Å². The third kappa shape index (κ3) is 5.59. The minimum atomic E-state index is 0.0621. The van der Waals surface area contributed by atoms with E-state index in [1.54, 1.807) is 0 Å². The molecule has 1 heteroatoms. The van der Waals surface area contributed by atoms with Gasteiger partial charge in [0.25, 0.3) is 0 Å². The van der Waals surface area contributed by atoms with E-state index in [0.29, 0.717) is 0 Å². The SMILES string of the molecule is c1ccc(-c2ccc(C(c3ccc(-c4ccc5c(ccc6c5c5ccccc5n6-c5ccccc5)c4)cc3)c3ccccc3-c3ccccc3)cc2)cc1. The van der Waals surface area contributed by atoms with Crippen LogP contribution < -0.4 is 0 Å². The molecule has 1 unspecified atom stereocenters. The van der Waals surface area contributed by atoms with E-state index in [0.717, 1.165) is 0 Å². The second kappa shape index (κ2) is 13.5. The van der Waals surface area contributed by atoms with E-state index < -0.39 is 0 Å². The van der Waals surface area contributed by atoms with Gasteiger partial charge in [0, 0.05) is 22.4 Å². The summed E-state index contributed by atoms with van der Waals surface area (Å²) in [6.45, 7) is 0. The predicted molar refractivity (Wildman–Crippen MR) is 228 cm³/mol. The Balaban J connectivity index is 1.06. The van der Waals surface area contributed by atoms with Crippen molar-refractivity contribution in [3.8, 4) is 39.1 Å². The number of nitrogens with zero attached hydrogens (tertiary/aromatic N) is 1. The lowest BCUT2D eigenvalue weighted by atomic mass is 9.80. The number of para-hydroxylation sites is 2. The number of fused-ring (bicyclic) bond motifs is 5. The first-order valence-electron chi connectivity index (χ1n) is 18.7. The smallest absolute Gasteiger partial charge is 0.0547 e. The Morgan fingerprint density at radius 3 is 1.57 bits per heavy atom. The molecule has 0 amide bonds. The van der Waals surface area contributed by atoms with Gasteiger partial charge in [0.15, 0.2) is 0 Å². The standard InChI is InChI=1S/C53H37N/c1-4-14-37(15-5-1)38-24-28-41(29-25-38)52(48-21-11-10-20-46(48)40-16-6-2-7-17-40)42-30-26-39(27-31-42)43-32-34-47-44(36-43)33-35-51-53(47)49-22-12-13-23-50(49)54(51)45-18-8-3-9-19-45/h1-36,52H. The monoisotopic (exact) mass is 687 g/mol. The molecule has 0 fully saturated rings. The lowest BCUT2D eigenvalue weighted by Crippen LogP contribution is -2.05. The fraction of sp³-hybridized carbons (Fsp3) is 0.0189. The van der Waals surface area contributed by atoms with E-state index in [4.69, 9.17) is 0 Å². The minimum absolute atomic E-state index is 0.0621. The van der Waals surface area contributed by atoms with Crippen molar-refractivity contribution in [2.75, 3.05) is 0 Å². The predicted octanol–water partition coefficient (Wildman–Crippen LogP) is 14.1. The molecule has 0 aliphatic rings. The molecule has 0 bridgehead atoms. The molecule has 1 aromatic heterocycles. The molecule has 0 aliphatic heterocycles. The number of aromatic nitrogens is 1. The van der Waals surface area contributed by atoms with E-state index in [1.165, 1.54) is 88.3 Å². The summed E-state index contributed by atoms with van der Waals surface area (Å²) < 4.78 is 2.39. The van der Waals surface area contributed by atoms with Gasteiger partial charge in [0.1, 0.15) is 0 Å². The van der Waals surface area contributed by atoms with Crippen LogP contribution in [0.25, 0.3) is 71.6 Å². The number of benzene rings is 9. The van der Waals surface area contributed by atoms with Gasteiger partial charge in [-0.15, -0.1) is 0 Å². The van der Waals surface area contributed by atoms with Crippen LogP contribution >= 0.6 is 0 Å². The maximum Gasteiger partial charge on any atom is 0.0547 e. The van der Waals surface area contributed by atoms with Gasteiger partial charge >= 0.3 is 0 Å². The molecule has 0 aliphatic carbocycles. The second-order valence-corrected chi connectivity index (χ2v) is 14.1. The molecule has 0 saturated heterocycles. The van der Waals surface area contributed by atoms with Gasteiger partial charge in [0.05, 0.1) is 11.0 Å². The van der Waals surface area contributed by atoms with Crippen LogP contribution in [0.3, 0.4) is 0 Å². The Morgan fingerprint density at radius 2 is 0.870 bits per heavy atom. The summed E-state index contributed by atoms with van der Waals surface area (Å²) in [6.07, 6.45) is 0. The van der Waals surface area contributed by atoms with E-state index >= 15 is 0 Å². The van der Waals surface area contributed by atoms with E-state index in [-0.39, 0.29) is 5.92 Å². The quantitative estimate of drug-likeness (QED) is 0.147. The highest BCUT2D eigenvalue weighted by molar-refractivity contribution is 6.21. The molecular formula is C53H37N. The Kier molecular flexibility index (Phi) is 7.96. The zero-order chi connectivity index (χ0) is 35.8. The van der Waals surface area contributed by atoms with Crippen LogP contribution in [-0.4, -0.2) is 4.57 Å². The molecule has 9 aromatic carbocycles. The highest BCUT2D eigenvalue weighted by atomic mass is 15.0. The van der Waals surface area contributed by atoms with Crippen LogP contribution in [-0.2, 0) is 0 Å². The van der Waals surface area contributed by atoms with Gasteiger partial charge in [-0.05, 0) is 91.2 Å². The highest BCUT2D eigenvalue weighted by Gasteiger charge is 2.21. The first-order valence-corrected chi connectivity index (χ1v) is 18.7. The molecule has 1 atom stereocenters. The highest BCUT2D eigenvalue weighted by Crippen LogP contribution is 2.41. The average molecular weight is 688 g/mol. The normalized spacial score (nSPS) is 12.0. The molecule has 254 valence electrons. The molecule has 1 heterocycles. The number of rotatable bonds is 7. The topological polar surface area (TPSA) is 4.93 Å². The van der Waals surface area contributed by atoms with Crippen molar-refractivity contribution in [1.82, 2.24) is 4.57 Å². The lowest BCUT2D eigenvalue weighted by Gasteiger charge is -2.23. The molecule has 0 saturated carbocycles. The summed E-state index contributed by atoms with van der Waals surface area (Å²) in [6, 6.07) is 79.6. The van der Waals surface area contributed by atoms with Crippen molar-refractivity contribution >= 4 is 32.6 Å². The van der Waals surface area contributed by atoms with Gasteiger partial charge in [-0.25, -0.2) is 0 Å². The van der Waals surface area contributed by atoms with Gasteiger partial charge in [-0.3, -0.25) is 0 Å². The molecule has 0 radical (unpaired) electrons. The van der Waals surface area contributed by atoms with Gasteiger partial charge < -0.3 is 4.57 Å². The Morgan fingerprint density at radius 1 is 0.333 bits per heavy atom. The largest absolute Gasteiger partial charge is 0.309 e. The van der Waals surface area contributed by atoms with E-state index in [1.807, 2.05) is 0 Å². The summed E-state index contributed by atoms with van der Waals surface area (Å²) in [5.41, 5.74) is 14.8. The number of hydrogen-bond acceptors (Lipinski definition) is 0. The Bertz CT molecular complexity index is 2890. The summed E-state index contributed by atoms with van der Waals surface area (Å²) >= 11 is 0. The van der Waals surface area contributed by atoms with Crippen molar-refractivity contribution in [1.29, 1.82) is 0 Å². The summed E-state index contributed by atoms with van der Waals surface area (Å²) in [5.74, 6) is 0.0621. The summed E-state index contributed by atoms with van der Waals surface area (Å²) in [5, 5.41) is 5.09. The lowest BCUT2D eigenvalue weighted by molar-refractivity contribution is 0.980. The fourth-order valence-electron chi connectivity index (χ4n) is 8.38. The molecule has 1 nitrogen and oxygen atoms in total. The van der Waals surface area contributed by atoms with Crippen LogP contribution in [0.2, 0.25) is 0 Å². The maximum absolute atomic E-state index is 2.39. The summed E-state index contributed by atoms with van der Waals surface area (Å²) in [7, 11) is 0.